The van der Waals surface area contributed by atoms with Crippen molar-refractivity contribution in [3.8, 4) is 0 Å². The Morgan fingerprint density at radius 3 is 2.34 bits per heavy atom. The smallest absolute Gasteiger partial charge is 0.426 e. The van der Waals surface area contributed by atoms with E-state index in [2.05, 4.69) is 77.8 Å². The van der Waals surface area contributed by atoms with Crippen molar-refractivity contribution < 1.29 is 40.5 Å². The zero-order valence-corrected chi connectivity index (χ0v) is 23.3. The minimum Gasteiger partial charge on any atom is -0.451 e. The molecule has 2 saturated carbocycles. The molecule has 0 radical (unpaired) electrons. The van der Waals surface area contributed by atoms with E-state index in [1.54, 1.807) is 6.07 Å². The van der Waals surface area contributed by atoms with Crippen molar-refractivity contribution in [2.24, 2.45) is 17.8 Å². The molecule has 32 heavy (non-hydrogen) atoms. The van der Waals surface area contributed by atoms with E-state index in [4.69, 9.17) is 4.55 Å². The van der Waals surface area contributed by atoms with Crippen molar-refractivity contribution >= 4 is 89.8 Å². The Morgan fingerprint density at radius 1 is 1.16 bits per heavy atom. The number of amides is 1. The fourth-order valence-electron chi connectivity index (χ4n) is 4.32. The predicted molar refractivity (Wildman–Crippen MR) is 133 cm³/mol. The standard InChI is InChI=1S/C18H17F3I3NO6S/c19-18(20,21)14(6-32(28,29)30)31-17(27)10-2-8-1-7(10)3-13(8)25-16(26)11-4-9(22)5-12(23)15(11)24/h4-5,7-8,10,13-14H,1-3,6H2,(H,25,26)(H,28,29,30). The Bertz CT molecular complexity index is 1040. The maximum atomic E-state index is 13.0. The van der Waals surface area contributed by atoms with E-state index in [1.165, 1.54) is 0 Å². The number of carbonyl (C=O) groups is 2. The van der Waals surface area contributed by atoms with Gasteiger partial charge in [-0.15, -0.1) is 0 Å². The van der Waals surface area contributed by atoms with Gasteiger partial charge in [-0.1, -0.05) is 0 Å². The lowest BCUT2D eigenvalue weighted by Crippen LogP contribution is -2.44. The van der Waals surface area contributed by atoms with Gasteiger partial charge < -0.3 is 10.1 Å². The van der Waals surface area contributed by atoms with Gasteiger partial charge in [0.15, 0.2) is 0 Å². The van der Waals surface area contributed by atoms with E-state index in [9.17, 15) is 31.2 Å². The van der Waals surface area contributed by atoms with Crippen LogP contribution < -0.4 is 5.32 Å². The number of alkyl halides is 3. The SMILES string of the molecule is O=C(NC1CC2CC1CC2C(=O)OC(CS(=O)(=O)O)C(F)(F)F)c1cc(I)cc(I)c1I. The third kappa shape index (κ3) is 6.38. The van der Waals surface area contributed by atoms with E-state index in [0.717, 1.165) is 10.7 Å². The van der Waals surface area contributed by atoms with E-state index in [0.29, 0.717) is 18.4 Å². The molecule has 0 aliphatic heterocycles. The average molecular weight is 813 g/mol. The molecule has 2 aliphatic rings. The quantitative estimate of drug-likeness (QED) is 0.195. The minimum absolute atomic E-state index is 0.0908. The van der Waals surface area contributed by atoms with Crippen molar-refractivity contribution in [3.63, 3.8) is 0 Å². The van der Waals surface area contributed by atoms with Crippen LogP contribution >= 0.6 is 67.8 Å². The molecule has 1 aromatic carbocycles. The molecule has 178 valence electrons. The highest BCUT2D eigenvalue weighted by molar-refractivity contribution is 14.1. The normalized spacial score (nSPS) is 26.1. The monoisotopic (exact) mass is 813 g/mol. The van der Waals surface area contributed by atoms with Crippen LogP contribution in [0, 0.1) is 28.5 Å². The molecule has 5 unspecified atom stereocenters. The highest BCUT2D eigenvalue weighted by Gasteiger charge is 2.52. The second-order valence-electron chi connectivity index (χ2n) is 7.88. The highest BCUT2D eigenvalue weighted by Crippen LogP contribution is 2.49. The molecule has 14 heteroatoms. The summed E-state index contributed by atoms with van der Waals surface area (Å²) >= 11 is 6.37. The molecule has 5 atom stereocenters. The van der Waals surface area contributed by atoms with Crippen LogP contribution in [0.15, 0.2) is 12.1 Å². The first-order valence-electron chi connectivity index (χ1n) is 9.33. The zero-order chi connectivity index (χ0) is 24.0. The summed E-state index contributed by atoms with van der Waals surface area (Å²) < 4.78 is 76.7. The van der Waals surface area contributed by atoms with Gasteiger partial charge in [0.05, 0.1) is 11.5 Å². The van der Waals surface area contributed by atoms with Crippen LogP contribution in [-0.2, 0) is 19.6 Å². The molecule has 3 rings (SSSR count). The summed E-state index contributed by atoms with van der Waals surface area (Å²) in [6.07, 6.45) is -6.83. The molecule has 2 fully saturated rings. The van der Waals surface area contributed by atoms with Crippen LogP contribution in [0.3, 0.4) is 0 Å². The molecule has 2 bridgehead atoms. The first kappa shape index (κ1) is 26.7. The Kier molecular flexibility index (Phi) is 8.30. The average Bonchev–Trinajstić information content (AvgIpc) is 3.22. The summed E-state index contributed by atoms with van der Waals surface area (Å²) in [7, 11) is -4.99. The summed E-state index contributed by atoms with van der Waals surface area (Å²) in [6, 6.07) is 3.52. The van der Waals surface area contributed by atoms with Gasteiger partial charge in [0.25, 0.3) is 16.0 Å². The Hall–Kier alpha value is 0.0500. The van der Waals surface area contributed by atoms with Gasteiger partial charge in [-0.3, -0.25) is 14.1 Å². The van der Waals surface area contributed by atoms with Crippen molar-refractivity contribution in [3.05, 3.63) is 28.4 Å². The molecule has 7 nitrogen and oxygen atoms in total. The summed E-state index contributed by atoms with van der Waals surface area (Å²) in [5, 5.41) is 2.98. The lowest BCUT2D eigenvalue weighted by atomic mass is 9.86. The molecule has 0 aromatic heterocycles. The number of esters is 1. The Labute approximate surface area is 223 Å². The summed E-state index contributed by atoms with van der Waals surface area (Å²) in [5.74, 6) is -4.28. The van der Waals surface area contributed by atoms with Gasteiger partial charge in [0.2, 0.25) is 6.10 Å². The third-order valence-electron chi connectivity index (χ3n) is 5.70. The van der Waals surface area contributed by atoms with Crippen LogP contribution in [0.4, 0.5) is 13.2 Å². The first-order chi connectivity index (χ1) is 14.7. The fraction of sp³-hybridized carbons (Fsp3) is 0.556. The van der Waals surface area contributed by atoms with Gasteiger partial charge in [-0.25, -0.2) is 0 Å². The van der Waals surface area contributed by atoms with Crippen molar-refractivity contribution in [1.29, 1.82) is 0 Å². The Morgan fingerprint density at radius 2 is 1.81 bits per heavy atom. The van der Waals surface area contributed by atoms with Crippen LogP contribution in [0.25, 0.3) is 0 Å². The van der Waals surface area contributed by atoms with Crippen LogP contribution in [0.2, 0.25) is 0 Å². The summed E-state index contributed by atoms with van der Waals surface area (Å²) in [6.45, 7) is 0. The number of fused-ring (bicyclic) bond motifs is 2. The van der Waals surface area contributed by atoms with Crippen molar-refractivity contribution in [1.82, 2.24) is 5.32 Å². The van der Waals surface area contributed by atoms with Gasteiger partial charge >= 0.3 is 12.1 Å². The number of rotatable bonds is 6. The molecule has 0 spiro atoms. The van der Waals surface area contributed by atoms with Crippen molar-refractivity contribution in [2.75, 3.05) is 5.75 Å². The third-order valence-corrected chi connectivity index (χ3v) is 10.1. The van der Waals surface area contributed by atoms with Gasteiger partial charge in [-0.05, 0) is 111 Å². The number of halogens is 6. The van der Waals surface area contributed by atoms with E-state index < -0.39 is 40.0 Å². The molecule has 2 aliphatic carbocycles. The van der Waals surface area contributed by atoms with Crippen molar-refractivity contribution in [2.45, 2.75) is 37.6 Å². The maximum Gasteiger partial charge on any atom is 0.426 e. The predicted octanol–water partition coefficient (Wildman–Crippen LogP) is 4.01. The number of ether oxygens (including phenoxy) is 1. The van der Waals surface area contributed by atoms with Gasteiger partial charge in [0, 0.05) is 16.8 Å². The second-order valence-corrected chi connectivity index (χ2v) is 12.9. The van der Waals surface area contributed by atoms with Gasteiger partial charge in [-0.2, -0.15) is 21.6 Å². The molecular weight excluding hydrogens is 796 g/mol. The minimum atomic E-state index is -5.12. The Balaban J connectivity index is 1.63. The van der Waals surface area contributed by atoms with Crippen LogP contribution in [0.5, 0.6) is 0 Å². The number of carbonyl (C=O) groups excluding carboxylic acids is 2. The largest absolute Gasteiger partial charge is 0.451 e. The fourth-order valence-corrected chi connectivity index (χ4v) is 7.36. The molecule has 2 N–H and O–H groups in total. The highest BCUT2D eigenvalue weighted by atomic mass is 127. The lowest BCUT2D eigenvalue weighted by Gasteiger charge is -2.29. The zero-order valence-electron chi connectivity index (χ0n) is 16.0. The number of nitrogens with one attached hydrogen (secondary N) is 1. The molecule has 0 heterocycles. The first-order valence-corrected chi connectivity index (χ1v) is 14.2. The van der Waals surface area contributed by atoms with Gasteiger partial charge in [0.1, 0.15) is 5.75 Å². The van der Waals surface area contributed by atoms with E-state index in [-0.39, 0.29) is 30.2 Å². The lowest BCUT2D eigenvalue weighted by molar-refractivity contribution is -0.218. The van der Waals surface area contributed by atoms with E-state index in [1.807, 2.05) is 6.07 Å². The maximum absolute atomic E-state index is 13.0. The molecule has 1 aromatic rings. The number of benzene rings is 1. The summed E-state index contributed by atoms with van der Waals surface area (Å²) in [4.78, 5) is 25.1. The number of hydrogen-bond acceptors (Lipinski definition) is 5. The molecule has 1 amide bonds. The molecular formula is C18H17F3I3NO6S. The van der Waals surface area contributed by atoms with Crippen LogP contribution in [0.1, 0.15) is 29.6 Å². The van der Waals surface area contributed by atoms with E-state index >= 15 is 0 Å². The topological polar surface area (TPSA) is 110 Å². The molecule has 0 saturated heterocycles. The summed E-state index contributed by atoms with van der Waals surface area (Å²) in [5.41, 5.74) is 0.541. The second kappa shape index (κ2) is 9.96. The van der Waals surface area contributed by atoms with Crippen LogP contribution in [-0.4, -0.2) is 48.9 Å². The number of hydrogen-bond donors (Lipinski definition) is 2.